The first-order valence-electron chi connectivity index (χ1n) is 9.12. The van der Waals surface area contributed by atoms with E-state index < -0.39 is 12.1 Å². The van der Waals surface area contributed by atoms with E-state index in [1.807, 2.05) is 4.90 Å². The van der Waals surface area contributed by atoms with E-state index in [1.54, 1.807) is 31.2 Å². The number of thiazole rings is 1. The van der Waals surface area contributed by atoms with Crippen molar-refractivity contribution in [1.29, 1.82) is 0 Å². The van der Waals surface area contributed by atoms with Crippen LogP contribution in [0.5, 0.6) is 0 Å². The van der Waals surface area contributed by atoms with Crippen molar-refractivity contribution in [3.8, 4) is 0 Å². The molecule has 2 amide bonds. The van der Waals surface area contributed by atoms with Crippen LogP contribution in [-0.4, -0.2) is 54.7 Å². The van der Waals surface area contributed by atoms with Gasteiger partial charge in [0.2, 0.25) is 5.91 Å². The fourth-order valence-electron chi connectivity index (χ4n) is 2.95. The summed E-state index contributed by atoms with van der Waals surface area (Å²) in [6.45, 7) is 3.40. The van der Waals surface area contributed by atoms with Gasteiger partial charge in [0.25, 0.3) is 0 Å². The molecule has 1 aromatic carbocycles. The normalized spacial score (nSPS) is 13.3. The Morgan fingerprint density at radius 1 is 1.24 bits per heavy atom. The van der Waals surface area contributed by atoms with E-state index in [4.69, 9.17) is 4.74 Å². The third-order valence-electron chi connectivity index (χ3n) is 4.27. The lowest BCUT2D eigenvalue weighted by Crippen LogP contribution is -2.37. The number of rotatable bonds is 6. The fourth-order valence-corrected chi connectivity index (χ4v) is 3.98. The third kappa shape index (κ3) is 5.30. The summed E-state index contributed by atoms with van der Waals surface area (Å²) >= 11 is 1.37. The molecular weight excluding hydrogens is 396 g/mol. The molecule has 0 fully saturated rings. The average molecular weight is 418 g/mol. The van der Waals surface area contributed by atoms with E-state index in [1.165, 1.54) is 18.4 Å². The van der Waals surface area contributed by atoms with Crippen LogP contribution in [0.25, 0.3) is 0 Å². The molecule has 0 radical (unpaired) electrons. The zero-order valence-electron chi connectivity index (χ0n) is 16.2. The molecule has 0 atom stereocenters. The van der Waals surface area contributed by atoms with Crippen LogP contribution >= 0.6 is 11.3 Å². The van der Waals surface area contributed by atoms with Crippen molar-refractivity contribution >= 4 is 40.1 Å². The van der Waals surface area contributed by atoms with Crippen molar-refractivity contribution in [3.63, 3.8) is 0 Å². The predicted molar refractivity (Wildman–Crippen MR) is 108 cm³/mol. The molecule has 2 heterocycles. The minimum Gasteiger partial charge on any atom is -0.462 e. The van der Waals surface area contributed by atoms with Gasteiger partial charge >= 0.3 is 12.1 Å². The lowest BCUT2D eigenvalue weighted by atomic mass is 10.1. The first kappa shape index (κ1) is 20.7. The summed E-state index contributed by atoms with van der Waals surface area (Å²) in [5.41, 5.74) is 1.67. The third-order valence-corrected chi connectivity index (χ3v) is 5.27. The highest BCUT2D eigenvalue weighted by Crippen LogP contribution is 2.28. The number of aromatic nitrogens is 1. The Kier molecular flexibility index (Phi) is 6.78. The van der Waals surface area contributed by atoms with Crippen molar-refractivity contribution < 1.29 is 23.9 Å². The lowest BCUT2D eigenvalue weighted by Gasteiger charge is -2.25. The topological polar surface area (TPSA) is 110 Å². The Bertz CT molecular complexity index is 914. The number of nitrogens with zero attached hydrogens (tertiary/aromatic N) is 2. The van der Waals surface area contributed by atoms with Gasteiger partial charge in [-0.05, 0) is 19.1 Å². The number of hydrogen-bond donors (Lipinski definition) is 2. The molecule has 0 bridgehead atoms. The number of para-hydroxylation sites is 1. The Labute approximate surface area is 172 Å². The summed E-state index contributed by atoms with van der Waals surface area (Å²) in [5, 5.41) is 5.84. The molecule has 29 heavy (non-hydrogen) atoms. The van der Waals surface area contributed by atoms with Crippen LogP contribution in [-0.2, 0) is 27.2 Å². The molecule has 1 aliphatic rings. The SMILES string of the molecule is CCOC(=O)c1ccccc1NC(=O)CN1CCc2nc(NC(=O)OC)sc2C1. The summed E-state index contributed by atoms with van der Waals surface area (Å²) < 4.78 is 9.61. The molecular formula is C19H22N4O5S. The minimum atomic E-state index is -0.562. The second kappa shape index (κ2) is 9.48. The smallest absolute Gasteiger partial charge is 0.413 e. The second-order valence-corrected chi connectivity index (χ2v) is 7.36. The molecule has 3 rings (SSSR count). The number of methoxy groups -OCH3 is 1. The molecule has 154 valence electrons. The number of ether oxygens (including phenoxy) is 2. The Morgan fingerprint density at radius 2 is 2.03 bits per heavy atom. The van der Waals surface area contributed by atoms with Crippen molar-refractivity contribution in [2.75, 3.05) is 37.4 Å². The van der Waals surface area contributed by atoms with Gasteiger partial charge in [-0.2, -0.15) is 0 Å². The molecule has 2 aromatic rings. The number of carbonyl (C=O) groups excluding carboxylic acids is 3. The average Bonchev–Trinajstić information content (AvgIpc) is 3.09. The highest BCUT2D eigenvalue weighted by molar-refractivity contribution is 7.15. The van der Waals surface area contributed by atoms with Crippen LogP contribution in [0.3, 0.4) is 0 Å². The number of benzene rings is 1. The van der Waals surface area contributed by atoms with E-state index >= 15 is 0 Å². The Hall–Kier alpha value is -2.98. The summed E-state index contributed by atoms with van der Waals surface area (Å²) in [6, 6.07) is 6.76. The zero-order valence-corrected chi connectivity index (χ0v) is 17.0. The molecule has 0 aliphatic carbocycles. The maximum Gasteiger partial charge on any atom is 0.413 e. The van der Waals surface area contributed by atoms with Crippen LogP contribution < -0.4 is 10.6 Å². The van der Waals surface area contributed by atoms with E-state index in [9.17, 15) is 14.4 Å². The molecule has 1 aliphatic heterocycles. The van der Waals surface area contributed by atoms with Crippen LogP contribution in [0.15, 0.2) is 24.3 Å². The fraction of sp³-hybridized carbons (Fsp3) is 0.368. The van der Waals surface area contributed by atoms with Crippen LogP contribution in [0.1, 0.15) is 27.9 Å². The molecule has 0 saturated heterocycles. The molecule has 2 N–H and O–H groups in total. The van der Waals surface area contributed by atoms with Crippen molar-refractivity contribution in [1.82, 2.24) is 9.88 Å². The van der Waals surface area contributed by atoms with Crippen molar-refractivity contribution in [3.05, 3.63) is 40.4 Å². The van der Waals surface area contributed by atoms with Crippen LogP contribution in [0.2, 0.25) is 0 Å². The standard InChI is InChI=1S/C19H22N4O5S/c1-3-28-17(25)12-6-4-5-7-13(12)20-16(24)11-23-9-8-14-15(10-23)29-18(21-14)22-19(26)27-2/h4-7H,3,8-11H2,1-2H3,(H,20,24)(H,21,22,26). The van der Waals surface area contributed by atoms with Gasteiger partial charge in [-0.15, -0.1) is 0 Å². The summed E-state index contributed by atoms with van der Waals surface area (Å²) in [6.07, 6.45) is 0.120. The first-order valence-corrected chi connectivity index (χ1v) is 9.93. The minimum absolute atomic E-state index is 0.175. The quantitative estimate of drug-likeness (QED) is 0.694. The van der Waals surface area contributed by atoms with Gasteiger partial charge in [0.1, 0.15) is 0 Å². The molecule has 0 spiro atoms. The number of amides is 2. The summed E-state index contributed by atoms with van der Waals surface area (Å²) in [7, 11) is 1.29. The first-order chi connectivity index (χ1) is 14.0. The van der Waals surface area contributed by atoms with Gasteiger partial charge in [-0.3, -0.25) is 15.0 Å². The lowest BCUT2D eigenvalue weighted by molar-refractivity contribution is -0.117. The maximum absolute atomic E-state index is 12.5. The summed E-state index contributed by atoms with van der Waals surface area (Å²) in [5.74, 6) is -0.691. The number of hydrogen-bond acceptors (Lipinski definition) is 8. The maximum atomic E-state index is 12.5. The van der Waals surface area contributed by atoms with E-state index in [-0.39, 0.29) is 19.1 Å². The molecule has 1 aromatic heterocycles. The summed E-state index contributed by atoms with van der Waals surface area (Å²) in [4.78, 5) is 43.3. The number of anilines is 2. The monoisotopic (exact) mass is 418 g/mol. The largest absolute Gasteiger partial charge is 0.462 e. The van der Waals surface area contributed by atoms with Crippen molar-refractivity contribution in [2.24, 2.45) is 0 Å². The highest BCUT2D eigenvalue weighted by Gasteiger charge is 2.23. The van der Waals surface area contributed by atoms with Crippen LogP contribution in [0.4, 0.5) is 15.6 Å². The Morgan fingerprint density at radius 3 is 2.79 bits per heavy atom. The van der Waals surface area contributed by atoms with Gasteiger partial charge in [-0.25, -0.2) is 14.6 Å². The second-order valence-electron chi connectivity index (χ2n) is 6.28. The Balaban J connectivity index is 1.60. The highest BCUT2D eigenvalue weighted by atomic mass is 32.1. The van der Waals surface area contributed by atoms with Gasteiger partial charge in [-0.1, -0.05) is 23.5 Å². The van der Waals surface area contributed by atoms with Gasteiger partial charge < -0.3 is 14.8 Å². The number of esters is 1. The molecule has 9 nitrogen and oxygen atoms in total. The molecule has 0 unspecified atom stereocenters. The van der Waals surface area contributed by atoms with Gasteiger partial charge in [0.05, 0.1) is 37.2 Å². The van der Waals surface area contributed by atoms with Crippen LogP contribution in [0, 0.1) is 0 Å². The van der Waals surface area contributed by atoms with Gasteiger partial charge in [0.15, 0.2) is 5.13 Å². The molecule has 0 saturated carbocycles. The number of nitrogens with one attached hydrogen (secondary N) is 2. The van der Waals surface area contributed by atoms with Crippen molar-refractivity contribution in [2.45, 2.75) is 19.9 Å². The van der Waals surface area contributed by atoms with Gasteiger partial charge in [0, 0.05) is 24.4 Å². The predicted octanol–water partition coefficient (Wildman–Crippen LogP) is 2.49. The number of fused-ring (bicyclic) bond motifs is 1. The molecule has 10 heteroatoms. The number of carbonyl (C=O) groups is 3. The van der Waals surface area contributed by atoms with E-state index in [0.717, 1.165) is 10.6 Å². The van der Waals surface area contributed by atoms with E-state index in [2.05, 4.69) is 20.4 Å². The van der Waals surface area contributed by atoms with E-state index in [0.29, 0.717) is 35.9 Å². The zero-order chi connectivity index (χ0) is 20.8.